The van der Waals surface area contributed by atoms with Crippen LogP contribution in [0.25, 0.3) is 22.3 Å². The van der Waals surface area contributed by atoms with Gasteiger partial charge in [0, 0.05) is 5.56 Å². The van der Waals surface area contributed by atoms with Crippen LogP contribution in [0.4, 0.5) is 5.82 Å². The molecule has 0 aliphatic carbocycles. The van der Waals surface area contributed by atoms with Crippen molar-refractivity contribution in [1.82, 2.24) is 20.2 Å². The molecule has 0 bridgehead atoms. The quantitative estimate of drug-likeness (QED) is 0.753. The molecule has 8 heteroatoms. The lowest BCUT2D eigenvalue weighted by Gasteiger charge is -2.15. The third kappa shape index (κ3) is 1.96. The Kier molecular flexibility index (Phi) is 3.42. The Morgan fingerprint density at radius 3 is 2.45 bits per heavy atom. The minimum Gasteiger partial charge on any atom is -0.493 e. The lowest BCUT2D eigenvalue weighted by molar-refractivity contribution is 0.325. The minimum atomic E-state index is 0.339. The fraction of sp³-hybridized carbons (Fsp3) is 0.214. The summed E-state index contributed by atoms with van der Waals surface area (Å²) in [7, 11) is 4.67. The summed E-state index contributed by atoms with van der Waals surface area (Å²) >= 11 is 0. The highest BCUT2D eigenvalue weighted by molar-refractivity contribution is 5.99. The van der Waals surface area contributed by atoms with Crippen LogP contribution in [-0.4, -0.2) is 41.5 Å². The van der Waals surface area contributed by atoms with E-state index < -0.39 is 0 Å². The largest absolute Gasteiger partial charge is 0.493 e. The Morgan fingerprint density at radius 2 is 1.77 bits per heavy atom. The Balaban J connectivity index is 2.31. The smallest absolute Gasteiger partial charge is 0.203 e. The Morgan fingerprint density at radius 1 is 1.00 bits per heavy atom. The lowest BCUT2D eigenvalue weighted by Crippen LogP contribution is -1.98. The van der Waals surface area contributed by atoms with Crippen molar-refractivity contribution in [2.45, 2.75) is 0 Å². The van der Waals surface area contributed by atoms with Crippen molar-refractivity contribution >= 4 is 16.9 Å². The van der Waals surface area contributed by atoms with Crippen molar-refractivity contribution in [2.75, 3.05) is 27.1 Å². The SMILES string of the molecule is COc1ccc(-c2[nH]nc3ncnc(N)c23)c(OC)c1OC. The molecule has 0 saturated heterocycles. The lowest BCUT2D eigenvalue weighted by atomic mass is 10.1. The molecule has 0 fully saturated rings. The number of nitrogen functional groups attached to an aromatic ring is 1. The van der Waals surface area contributed by atoms with Gasteiger partial charge < -0.3 is 19.9 Å². The van der Waals surface area contributed by atoms with Crippen LogP contribution in [0, 0.1) is 0 Å². The number of hydrogen-bond donors (Lipinski definition) is 2. The van der Waals surface area contributed by atoms with Crippen molar-refractivity contribution in [1.29, 1.82) is 0 Å². The van der Waals surface area contributed by atoms with Crippen LogP contribution < -0.4 is 19.9 Å². The van der Waals surface area contributed by atoms with Gasteiger partial charge in [-0.1, -0.05) is 0 Å². The van der Waals surface area contributed by atoms with E-state index in [2.05, 4.69) is 20.2 Å². The second-order valence-corrected chi connectivity index (χ2v) is 4.44. The van der Waals surface area contributed by atoms with E-state index in [1.165, 1.54) is 6.33 Å². The molecule has 0 aliphatic rings. The topological polar surface area (TPSA) is 108 Å². The molecule has 8 nitrogen and oxygen atoms in total. The van der Waals surface area contributed by atoms with E-state index in [0.29, 0.717) is 39.8 Å². The van der Waals surface area contributed by atoms with Gasteiger partial charge in [-0.3, -0.25) is 5.10 Å². The highest BCUT2D eigenvalue weighted by Gasteiger charge is 2.21. The van der Waals surface area contributed by atoms with Crippen molar-refractivity contribution in [3.63, 3.8) is 0 Å². The monoisotopic (exact) mass is 301 g/mol. The number of anilines is 1. The van der Waals surface area contributed by atoms with E-state index in [9.17, 15) is 0 Å². The summed E-state index contributed by atoms with van der Waals surface area (Å²) in [6.07, 6.45) is 1.37. The van der Waals surface area contributed by atoms with E-state index in [0.717, 1.165) is 5.56 Å². The van der Waals surface area contributed by atoms with Gasteiger partial charge in [-0.2, -0.15) is 5.10 Å². The van der Waals surface area contributed by atoms with E-state index in [-0.39, 0.29) is 0 Å². The molecule has 0 spiro atoms. The number of nitrogens with zero attached hydrogens (tertiary/aromatic N) is 3. The number of nitrogens with one attached hydrogen (secondary N) is 1. The summed E-state index contributed by atoms with van der Waals surface area (Å²) in [5.41, 5.74) is 7.82. The maximum atomic E-state index is 5.95. The Hall–Kier alpha value is -3.03. The molecule has 0 atom stereocenters. The molecule has 3 N–H and O–H groups in total. The first-order chi connectivity index (χ1) is 10.7. The number of benzene rings is 1. The zero-order valence-corrected chi connectivity index (χ0v) is 12.4. The number of fused-ring (bicyclic) bond motifs is 1. The molecule has 0 radical (unpaired) electrons. The molecule has 0 amide bonds. The van der Waals surface area contributed by atoms with Crippen molar-refractivity contribution in [3.8, 4) is 28.5 Å². The second kappa shape index (κ2) is 5.40. The van der Waals surface area contributed by atoms with Crippen LogP contribution in [-0.2, 0) is 0 Å². The van der Waals surface area contributed by atoms with Gasteiger partial charge >= 0.3 is 0 Å². The van der Waals surface area contributed by atoms with Crippen LogP contribution in [0.15, 0.2) is 18.5 Å². The summed E-state index contributed by atoms with van der Waals surface area (Å²) in [5, 5.41) is 7.70. The van der Waals surface area contributed by atoms with E-state index in [4.69, 9.17) is 19.9 Å². The third-order valence-corrected chi connectivity index (χ3v) is 3.35. The predicted molar refractivity (Wildman–Crippen MR) is 81.2 cm³/mol. The molecule has 1 aromatic carbocycles. The van der Waals surface area contributed by atoms with Crippen molar-refractivity contribution < 1.29 is 14.2 Å². The molecule has 0 saturated carbocycles. The molecule has 2 aromatic heterocycles. The summed E-state index contributed by atoms with van der Waals surface area (Å²) in [4.78, 5) is 8.10. The van der Waals surface area contributed by atoms with Gasteiger partial charge in [0.25, 0.3) is 0 Å². The highest BCUT2D eigenvalue weighted by atomic mass is 16.5. The van der Waals surface area contributed by atoms with E-state index in [1.54, 1.807) is 27.4 Å². The number of aromatic nitrogens is 4. The third-order valence-electron chi connectivity index (χ3n) is 3.35. The number of methoxy groups -OCH3 is 3. The first kappa shape index (κ1) is 13.9. The van der Waals surface area contributed by atoms with Crippen molar-refractivity contribution in [3.05, 3.63) is 18.5 Å². The number of nitrogens with two attached hydrogens (primary N) is 1. The second-order valence-electron chi connectivity index (χ2n) is 4.44. The number of rotatable bonds is 4. The van der Waals surface area contributed by atoms with Crippen LogP contribution >= 0.6 is 0 Å². The number of hydrogen-bond acceptors (Lipinski definition) is 7. The maximum absolute atomic E-state index is 5.95. The first-order valence-corrected chi connectivity index (χ1v) is 6.45. The molecular formula is C14H15N5O3. The Labute approximate surface area is 126 Å². The van der Waals surface area contributed by atoms with Crippen LogP contribution in [0.1, 0.15) is 0 Å². The fourth-order valence-corrected chi connectivity index (χ4v) is 2.37. The molecule has 3 rings (SSSR count). The molecule has 2 heterocycles. The average Bonchev–Trinajstić information content (AvgIpc) is 2.98. The molecule has 3 aromatic rings. The number of H-pyrrole nitrogens is 1. The van der Waals surface area contributed by atoms with Crippen LogP contribution in [0.2, 0.25) is 0 Å². The normalized spacial score (nSPS) is 10.7. The zero-order chi connectivity index (χ0) is 15.7. The van der Waals surface area contributed by atoms with Crippen molar-refractivity contribution in [2.24, 2.45) is 0 Å². The van der Waals surface area contributed by atoms with E-state index >= 15 is 0 Å². The predicted octanol–water partition coefficient (Wildman–Crippen LogP) is 1.63. The number of aromatic amines is 1. The van der Waals surface area contributed by atoms with Gasteiger partial charge in [0.05, 0.1) is 32.4 Å². The first-order valence-electron chi connectivity index (χ1n) is 6.45. The summed E-state index contributed by atoms with van der Waals surface area (Å²) in [5.74, 6) is 1.90. The van der Waals surface area contributed by atoms with E-state index in [1.807, 2.05) is 6.07 Å². The van der Waals surface area contributed by atoms with Gasteiger partial charge in [0.2, 0.25) is 5.75 Å². The molecular weight excluding hydrogens is 286 g/mol. The van der Waals surface area contributed by atoms with Crippen LogP contribution in [0.5, 0.6) is 17.2 Å². The summed E-state index contributed by atoms with van der Waals surface area (Å²) in [6.45, 7) is 0. The van der Waals surface area contributed by atoms with Gasteiger partial charge in [-0.15, -0.1) is 0 Å². The Bertz CT molecular complexity index is 831. The minimum absolute atomic E-state index is 0.339. The molecule has 114 valence electrons. The molecule has 22 heavy (non-hydrogen) atoms. The standard InChI is InChI=1S/C14H15N5O3/c1-20-8-5-4-7(11(21-2)12(8)22-3)10-9-13(15)16-6-17-14(9)19-18-10/h4-6H,1-3H3,(H3,15,16,17,18,19). The van der Waals surface area contributed by atoms with Crippen LogP contribution in [0.3, 0.4) is 0 Å². The molecule has 0 unspecified atom stereocenters. The zero-order valence-electron chi connectivity index (χ0n) is 12.4. The van der Waals surface area contributed by atoms with Gasteiger partial charge in [0.1, 0.15) is 12.1 Å². The number of ether oxygens (including phenoxy) is 3. The maximum Gasteiger partial charge on any atom is 0.203 e. The van der Waals surface area contributed by atoms with Gasteiger partial charge in [-0.25, -0.2) is 9.97 Å². The summed E-state index contributed by atoms with van der Waals surface area (Å²) < 4.78 is 16.2. The average molecular weight is 301 g/mol. The fourth-order valence-electron chi connectivity index (χ4n) is 2.37. The highest BCUT2D eigenvalue weighted by Crippen LogP contribution is 2.45. The molecule has 0 aliphatic heterocycles. The van der Waals surface area contributed by atoms with Gasteiger partial charge in [0.15, 0.2) is 17.1 Å². The summed E-state index contributed by atoms with van der Waals surface area (Å²) in [6, 6.07) is 3.61. The van der Waals surface area contributed by atoms with Gasteiger partial charge in [-0.05, 0) is 12.1 Å².